The molecule has 0 radical (unpaired) electrons. The number of anilines is 1. The molecule has 0 aliphatic carbocycles. The second-order valence-electron chi connectivity index (χ2n) is 3.15. The molecular formula is C11H7BrClFN2O. The SMILES string of the molecule is Fc1ccc(ONc2cc(Br)cnc2Cl)cc1. The zero-order valence-corrected chi connectivity index (χ0v) is 10.8. The molecule has 0 amide bonds. The number of halogens is 3. The largest absolute Gasteiger partial charge is 0.382 e. The number of benzene rings is 1. The fourth-order valence-corrected chi connectivity index (χ4v) is 1.58. The van der Waals surface area contributed by atoms with E-state index in [0.29, 0.717) is 11.4 Å². The summed E-state index contributed by atoms with van der Waals surface area (Å²) >= 11 is 9.12. The van der Waals surface area contributed by atoms with Crippen molar-refractivity contribution in [3.8, 4) is 5.75 Å². The molecule has 1 N–H and O–H groups in total. The quantitative estimate of drug-likeness (QED) is 0.685. The lowest BCUT2D eigenvalue weighted by Crippen LogP contribution is -2.05. The molecule has 0 saturated heterocycles. The Morgan fingerprint density at radius 1 is 1.29 bits per heavy atom. The van der Waals surface area contributed by atoms with E-state index in [9.17, 15) is 4.39 Å². The Balaban J connectivity index is 2.07. The molecular weight excluding hydrogens is 310 g/mol. The second-order valence-corrected chi connectivity index (χ2v) is 4.42. The smallest absolute Gasteiger partial charge is 0.155 e. The van der Waals surface area contributed by atoms with Crippen molar-refractivity contribution in [3.63, 3.8) is 0 Å². The number of hydrogen-bond acceptors (Lipinski definition) is 3. The van der Waals surface area contributed by atoms with Crippen molar-refractivity contribution in [3.05, 3.63) is 52.0 Å². The minimum atomic E-state index is -0.320. The van der Waals surface area contributed by atoms with Gasteiger partial charge in [0.1, 0.15) is 11.5 Å². The van der Waals surface area contributed by atoms with E-state index in [1.807, 2.05) is 0 Å². The van der Waals surface area contributed by atoms with Crippen LogP contribution in [0.2, 0.25) is 5.15 Å². The van der Waals surface area contributed by atoms with E-state index in [-0.39, 0.29) is 11.0 Å². The van der Waals surface area contributed by atoms with Gasteiger partial charge in [-0.05, 0) is 46.3 Å². The minimum absolute atomic E-state index is 0.287. The molecule has 88 valence electrons. The number of hydrogen-bond donors (Lipinski definition) is 1. The Morgan fingerprint density at radius 3 is 2.71 bits per heavy atom. The molecule has 6 heteroatoms. The van der Waals surface area contributed by atoms with E-state index < -0.39 is 0 Å². The molecule has 0 aliphatic heterocycles. The van der Waals surface area contributed by atoms with Crippen LogP contribution in [-0.2, 0) is 0 Å². The number of aromatic nitrogens is 1. The molecule has 1 aromatic heterocycles. The predicted molar refractivity (Wildman–Crippen MR) is 67.6 cm³/mol. The van der Waals surface area contributed by atoms with E-state index in [4.69, 9.17) is 16.4 Å². The molecule has 0 spiro atoms. The normalized spacial score (nSPS) is 10.1. The van der Waals surface area contributed by atoms with Crippen LogP contribution < -0.4 is 10.3 Å². The van der Waals surface area contributed by atoms with Gasteiger partial charge in [-0.15, -0.1) is 0 Å². The van der Waals surface area contributed by atoms with E-state index in [2.05, 4.69) is 26.4 Å². The van der Waals surface area contributed by atoms with Crippen LogP contribution in [0.25, 0.3) is 0 Å². The topological polar surface area (TPSA) is 34.1 Å². The summed E-state index contributed by atoms with van der Waals surface area (Å²) in [5.41, 5.74) is 3.16. The van der Waals surface area contributed by atoms with Crippen LogP contribution in [0.5, 0.6) is 5.75 Å². The van der Waals surface area contributed by atoms with E-state index >= 15 is 0 Å². The van der Waals surface area contributed by atoms with E-state index in [0.717, 1.165) is 4.47 Å². The number of nitrogens with zero attached hydrogens (tertiary/aromatic N) is 1. The van der Waals surface area contributed by atoms with Crippen LogP contribution in [0.4, 0.5) is 10.1 Å². The Hall–Kier alpha value is -1.33. The van der Waals surface area contributed by atoms with Gasteiger partial charge in [0, 0.05) is 10.7 Å². The number of pyridine rings is 1. The Morgan fingerprint density at radius 2 is 2.00 bits per heavy atom. The lowest BCUT2D eigenvalue weighted by atomic mass is 10.3. The third kappa shape index (κ3) is 3.31. The standard InChI is InChI=1S/C11H7BrClFN2O/c12-7-5-10(11(13)15-6-7)16-17-9-3-1-8(14)2-4-9/h1-6,16H. The van der Waals surface area contributed by atoms with E-state index in [1.165, 1.54) is 24.3 Å². The first-order chi connectivity index (χ1) is 8.15. The molecule has 0 atom stereocenters. The summed E-state index contributed by atoms with van der Waals surface area (Å²) in [6.45, 7) is 0. The summed E-state index contributed by atoms with van der Waals surface area (Å²) < 4.78 is 13.4. The molecule has 2 aromatic rings. The highest BCUT2D eigenvalue weighted by atomic mass is 79.9. The van der Waals surface area contributed by atoms with Gasteiger partial charge < -0.3 is 4.84 Å². The van der Waals surface area contributed by atoms with Gasteiger partial charge >= 0.3 is 0 Å². The van der Waals surface area contributed by atoms with Crippen LogP contribution in [0.15, 0.2) is 41.0 Å². The molecule has 2 rings (SSSR count). The monoisotopic (exact) mass is 316 g/mol. The van der Waals surface area contributed by atoms with Crippen LogP contribution in [0.1, 0.15) is 0 Å². The summed E-state index contributed by atoms with van der Waals surface area (Å²) in [5.74, 6) is 0.155. The molecule has 0 aliphatic rings. The summed E-state index contributed by atoms with van der Waals surface area (Å²) in [6, 6.07) is 7.33. The summed E-state index contributed by atoms with van der Waals surface area (Å²) in [5, 5.41) is 0.287. The van der Waals surface area contributed by atoms with Gasteiger partial charge in [-0.3, -0.25) is 0 Å². The fraction of sp³-hybridized carbons (Fsp3) is 0. The zero-order valence-electron chi connectivity index (χ0n) is 8.45. The van der Waals surface area contributed by atoms with Crippen molar-refractivity contribution in [2.75, 3.05) is 5.48 Å². The number of rotatable bonds is 3. The maximum atomic E-state index is 12.7. The number of nitrogens with one attached hydrogen (secondary N) is 1. The third-order valence-electron chi connectivity index (χ3n) is 1.90. The van der Waals surface area contributed by atoms with Gasteiger partial charge in [0.25, 0.3) is 0 Å². The lowest BCUT2D eigenvalue weighted by molar-refractivity contribution is 0.404. The van der Waals surface area contributed by atoms with Gasteiger partial charge in [-0.2, -0.15) is 0 Å². The molecule has 0 saturated carbocycles. The van der Waals surface area contributed by atoms with Crippen molar-refractivity contribution in [1.29, 1.82) is 0 Å². The van der Waals surface area contributed by atoms with Crippen molar-refractivity contribution in [2.45, 2.75) is 0 Å². The zero-order chi connectivity index (χ0) is 12.3. The van der Waals surface area contributed by atoms with Gasteiger partial charge in [-0.25, -0.2) is 14.9 Å². The van der Waals surface area contributed by atoms with Gasteiger partial charge in [0.05, 0.1) is 0 Å². The molecule has 0 bridgehead atoms. The highest BCUT2D eigenvalue weighted by Gasteiger charge is 2.03. The Labute approximate surface area is 111 Å². The average Bonchev–Trinajstić information content (AvgIpc) is 2.32. The van der Waals surface area contributed by atoms with Crippen LogP contribution in [0.3, 0.4) is 0 Å². The van der Waals surface area contributed by atoms with Crippen molar-refractivity contribution >= 4 is 33.2 Å². The maximum Gasteiger partial charge on any atom is 0.155 e. The van der Waals surface area contributed by atoms with Crippen LogP contribution >= 0.6 is 27.5 Å². The third-order valence-corrected chi connectivity index (χ3v) is 2.63. The summed E-state index contributed by atoms with van der Waals surface area (Å²) in [6.07, 6.45) is 1.57. The van der Waals surface area contributed by atoms with Crippen molar-refractivity contribution in [1.82, 2.24) is 4.98 Å². The lowest BCUT2D eigenvalue weighted by Gasteiger charge is -2.09. The van der Waals surface area contributed by atoms with Gasteiger partial charge in [0.15, 0.2) is 10.9 Å². The molecule has 1 aromatic carbocycles. The van der Waals surface area contributed by atoms with Crippen LogP contribution in [0, 0.1) is 5.82 Å². The highest BCUT2D eigenvalue weighted by molar-refractivity contribution is 9.10. The fourth-order valence-electron chi connectivity index (χ4n) is 1.11. The second kappa shape index (κ2) is 5.33. The first-order valence-electron chi connectivity index (χ1n) is 4.64. The summed E-state index contributed by atoms with van der Waals surface area (Å²) in [4.78, 5) is 9.14. The molecule has 3 nitrogen and oxygen atoms in total. The van der Waals surface area contributed by atoms with E-state index in [1.54, 1.807) is 12.3 Å². The van der Waals surface area contributed by atoms with Crippen molar-refractivity contribution < 1.29 is 9.23 Å². The molecule has 1 heterocycles. The predicted octanol–water partition coefficient (Wildman–Crippen LogP) is 4.04. The van der Waals surface area contributed by atoms with Gasteiger partial charge in [-0.1, -0.05) is 11.6 Å². The average molecular weight is 318 g/mol. The maximum absolute atomic E-state index is 12.7. The van der Waals surface area contributed by atoms with Crippen molar-refractivity contribution in [2.24, 2.45) is 0 Å². The highest BCUT2D eigenvalue weighted by Crippen LogP contribution is 2.23. The summed E-state index contributed by atoms with van der Waals surface area (Å²) in [7, 11) is 0. The minimum Gasteiger partial charge on any atom is -0.382 e. The van der Waals surface area contributed by atoms with Crippen LogP contribution in [-0.4, -0.2) is 4.98 Å². The Kier molecular flexibility index (Phi) is 3.81. The molecule has 0 fully saturated rings. The Bertz CT molecular complexity index is 521. The molecule has 17 heavy (non-hydrogen) atoms. The first kappa shape index (κ1) is 12.1. The van der Waals surface area contributed by atoms with Gasteiger partial charge in [0.2, 0.25) is 0 Å². The molecule has 0 unspecified atom stereocenters. The first-order valence-corrected chi connectivity index (χ1v) is 5.82.